The Bertz CT molecular complexity index is 804. The normalized spacial score (nSPS) is 13.8. The minimum absolute atomic E-state index is 0.121. The first-order chi connectivity index (χ1) is 13.7. The molecule has 0 radical (unpaired) electrons. The molecule has 1 saturated heterocycles. The van der Waals surface area contributed by atoms with Crippen molar-refractivity contribution >= 4 is 17.4 Å². The van der Waals surface area contributed by atoms with Crippen molar-refractivity contribution in [3.63, 3.8) is 0 Å². The van der Waals surface area contributed by atoms with Crippen LogP contribution in [-0.4, -0.2) is 57.9 Å². The lowest BCUT2D eigenvalue weighted by Gasteiger charge is -2.36. The minimum atomic E-state index is -0.121. The van der Waals surface area contributed by atoms with E-state index in [0.717, 1.165) is 17.2 Å². The maximum atomic E-state index is 12.7. The molecule has 150 valence electrons. The number of hydrogen-bond acceptors (Lipinski definition) is 5. The van der Waals surface area contributed by atoms with Gasteiger partial charge in [-0.1, -0.05) is 12.1 Å². The SMILES string of the molecule is CCOc1ccccc1NC(=O)N1CCN(c2cc(OC)ccc2OC)CC1. The van der Waals surface area contributed by atoms with Crippen LogP contribution in [0.3, 0.4) is 0 Å². The lowest BCUT2D eigenvalue weighted by molar-refractivity contribution is 0.208. The van der Waals surface area contributed by atoms with Crippen LogP contribution in [0.2, 0.25) is 0 Å². The van der Waals surface area contributed by atoms with E-state index in [1.54, 1.807) is 14.2 Å². The first kappa shape index (κ1) is 19.7. The van der Waals surface area contributed by atoms with Crippen molar-refractivity contribution in [1.29, 1.82) is 0 Å². The van der Waals surface area contributed by atoms with Crippen molar-refractivity contribution in [1.82, 2.24) is 4.90 Å². The fraction of sp³-hybridized carbons (Fsp3) is 0.381. The van der Waals surface area contributed by atoms with Crippen LogP contribution in [0.25, 0.3) is 0 Å². The number of nitrogens with zero attached hydrogens (tertiary/aromatic N) is 2. The molecule has 28 heavy (non-hydrogen) atoms. The molecule has 1 N–H and O–H groups in total. The van der Waals surface area contributed by atoms with Gasteiger partial charge >= 0.3 is 6.03 Å². The van der Waals surface area contributed by atoms with E-state index in [4.69, 9.17) is 14.2 Å². The molecule has 7 heteroatoms. The number of benzene rings is 2. The van der Waals surface area contributed by atoms with Crippen LogP contribution in [0.1, 0.15) is 6.92 Å². The molecular formula is C21H27N3O4. The number of amides is 2. The number of urea groups is 1. The second kappa shape index (κ2) is 9.21. The van der Waals surface area contributed by atoms with Crippen molar-refractivity contribution in [3.8, 4) is 17.2 Å². The minimum Gasteiger partial charge on any atom is -0.497 e. The van der Waals surface area contributed by atoms with Crippen molar-refractivity contribution < 1.29 is 19.0 Å². The molecule has 0 aliphatic carbocycles. The summed E-state index contributed by atoms with van der Waals surface area (Å²) in [4.78, 5) is 16.7. The maximum absolute atomic E-state index is 12.7. The van der Waals surface area contributed by atoms with Crippen molar-refractivity contribution in [3.05, 3.63) is 42.5 Å². The molecule has 1 aliphatic rings. The molecule has 1 heterocycles. The van der Waals surface area contributed by atoms with Gasteiger partial charge in [-0.15, -0.1) is 0 Å². The topological polar surface area (TPSA) is 63.3 Å². The van der Waals surface area contributed by atoms with Gasteiger partial charge in [0.25, 0.3) is 0 Å². The number of carbonyl (C=O) groups excluding carboxylic acids is 1. The van der Waals surface area contributed by atoms with E-state index < -0.39 is 0 Å². The first-order valence-corrected chi connectivity index (χ1v) is 9.41. The van der Waals surface area contributed by atoms with Crippen molar-refractivity contribution in [2.75, 3.05) is 57.2 Å². The highest BCUT2D eigenvalue weighted by atomic mass is 16.5. The Hall–Kier alpha value is -3.09. The Morgan fingerprint density at radius 1 is 1.00 bits per heavy atom. The molecule has 7 nitrogen and oxygen atoms in total. The molecule has 0 unspecified atom stereocenters. The van der Waals surface area contributed by atoms with Crippen LogP contribution in [0.15, 0.2) is 42.5 Å². The highest BCUT2D eigenvalue weighted by molar-refractivity contribution is 5.91. The Balaban J connectivity index is 1.63. The predicted molar refractivity (Wildman–Crippen MR) is 110 cm³/mol. The van der Waals surface area contributed by atoms with Gasteiger partial charge in [0.05, 0.1) is 32.2 Å². The van der Waals surface area contributed by atoms with Crippen LogP contribution in [0, 0.1) is 0 Å². The van der Waals surface area contributed by atoms with Gasteiger partial charge in [-0.05, 0) is 31.2 Å². The first-order valence-electron chi connectivity index (χ1n) is 9.41. The number of piperazine rings is 1. The summed E-state index contributed by atoms with van der Waals surface area (Å²) < 4.78 is 16.4. The van der Waals surface area contributed by atoms with E-state index in [-0.39, 0.29) is 6.03 Å². The van der Waals surface area contributed by atoms with Gasteiger partial charge in [0.1, 0.15) is 17.2 Å². The van der Waals surface area contributed by atoms with Gasteiger partial charge in [-0.3, -0.25) is 0 Å². The Kier molecular flexibility index (Phi) is 6.47. The van der Waals surface area contributed by atoms with E-state index in [1.807, 2.05) is 54.3 Å². The maximum Gasteiger partial charge on any atom is 0.322 e. The number of anilines is 2. The van der Waals surface area contributed by atoms with Gasteiger partial charge in [0.15, 0.2) is 0 Å². The smallest absolute Gasteiger partial charge is 0.322 e. The third kappa shape index (κ3) is 4.42. The Labute approximate surface area is 165 Å². The Morgan fingerprint density at radius 3 is 2.43 bits per heavy atom. The standard InChI is InChI=1S/C21H27N3O4/c1-4-28-19-8-6-5-7-17(19)22-21(25)24-13-11-23(12-14-24)18-15-16(26-2)9-10-20(18)27-3/h5-10,15H,4,11-14H2,1-3H3,(H,22,25). The summed E-state index contributed by atoms with van der Waals surface area (Å²) in [7, 11) is 3.30. The monoisotopic (exact) mass is 385 g/mol. The number of para-hydroxylation sites is 2. The van der Waals surface area contributed by atoms with E-state index >= 15 is 0 Å². The number of rotatable bonds is 6. The molecule has 2 amide bonds. The van der Waals surface area contributed by atoms with E-state index in [2.05, 4.69) is 10.2 Å². The van der Waals surface area contributed by atoms with E-state index in [0.29, 0.717) is 44.2 Å². The summed E-state index contributed by atoms with van der Waals surface area (Å²) in [5.41, 5.74) is 1.66. The van der Waals surface area contributed by atoms with Crippen molar-refractivity contribution in [2.45, 2.75) is 6.92 Å². The number of hydrogen-bond donors (Lipinski definition) is 1. The van der Waals surface area contributed by atoms with Crippen molar-refractivity contribution in [2.24, 2.45) is 0 Å². The Morgan fingerprint density at radius 2 is 1.75 bits per heavy atom. The summed E-state index contributed by atoms with van der Waals surface area (Å²) in [6.07, 6.45) is 0. The second-order valence-electron chi connectivity index (χ2n) is 6.37. The molecule has 0 atom stereocenters. The zero-order valence-corrected chi connectivity index (χ0v) is 16.6. The molecule has 0 spiro atoms. The molecule has 3 rings (SSSR count). The van der Waals surface area contributed by atoms with Gasteiger partial charge in [0.2, 0.25) is 0 Å². The lowest BCUT2D eigenvalue weighted by atomic mass is 10.2. The number of nitrogens with one attached hydrogen (secondary N) is 1. The quantitative estimate of drug-likeness (QED) is 0.825. The van der Waals surface area contributed by atoms with Gasteiger partial charge in [-0.2, -0.15) is 0 Å². The summed E-state index contributed by atoms with van der Waals surface area (Å²) in [5, 5.41) is 2.96. The zero-order valence-electron chi connectivity index (χ0n) is 16.6. The predicted octanol–water partition coefficient (Wildman–Crippen LogP) is 3.46. The summed E-state index contributed by atoms with van der Waals surface area (Å²) >= 11 is 0. The highest BCUT2D eigenvalue weighted by Gasteiger charge is 2.24. The third-order valence-corrected chi connectivity index (χ3v) is 4.72. The van der Waals surface area contributed by atoms with Gasteiger partial charge < -0.3 is 29.3 Å². The zero-order chi connectivity index (χ0) is 19.9. The molecule has 0 saturated carbocycles. The van der Waals surface area contributed by atoms with E-state index in [1.165, 1.54) is 0 Å². The number of carbonyl (C=O) groups is 1. The largest absolute Gasteiger partial charge is 0.497 e. The molecule has 2 aromatic rings. The average molecular weight is 385 g/mol. The molecular weight excluding hydrogens is 358 g/mol. The second-order valence-corrected chi connectivity index (χ2v) is 6.37. The lowest BCUT2D eigenvalue weighted by Crippen LogP contribution is -2.50. The molecule has 0 bridgehead atoms. The highest BCUT2D eigenvalue weighted by Crippen LogP contribution is 2.33. The number of ether oxygens (including phenoxy) is 3. The summed E-state index contributed by atoms with van der Waals surface area (Å²) in [5.74, 6) is 2.26. The summed E-state index contributed by atoms with van der Waals surface area (Å²) in [6, 6.07) is 13.1. The molecule has 1 aliphatic heterocycles. The van der Waals surface area contributed by atoms with Gasteiger partial charge in [0, 0.05) is 32.2 Å². The van der Waals surface area contributed by atoms with E-state index in [9.17, 15) is 4.79 Å². The van der Waals surface area contributed by atoms with Crippen LogP contribution in [-0.2, 0) is 0 Å². The van der Waals surface area contributed by atoms with Crippen LogP contribution in [0.5, 0.6) is 17.2 Å². The summed E-state index contributed by atoms with van der Waals surface area (Å²) in [6.45, 7) is 5.12. The average Bonchev–Trinajstić information content (AvgIpc) is 2.75. The fourth-order valence-electron chi connectivity index (χ4n) is 3.24. The number of methoxy groups -OCH3 is 2. The van der Waals surface area contributed by atoms with Gasteiger partial charge in [-0.25, -0.2) is 4.79 Å². The van der Waals surface area contributed by atoms with Crippen LogP contribution in [0.4, 0.5) is 16.2 Å². The molecule has 1 fully saturated rings. The fourth-order valence-corrected chi connectivity index (χ4v) is 3.24. The third-order valence-electron chi connectivity index (χ3n) is 4.72. The van der Waals surface area contributed by atoms with Crippen LogP contribution >= 0.6 is 0 Å². The van der Waals surface area contributed by atoms with Crippen LogP contribution < -0.4 is 24.4 Å². The molecule has 2 aromatic carbocycles. The molecule has 0 aromatic heterocycles.